The van der Waals surface area contributed by atoms with Crippen LogP contribution in [0.15, 0.2) is 30.3 Å². The highest BCUT2D eigenvalue weighted by Crippen LogP contribution is 2.31. The summed E-state index contributed by atoms with van der Waals surface area (Å²) in [4.78, 5) is 25.6. The van der Waals surface area contributed by atoms with Gasteiger partial charge in [0.25, 0.3) is 0 Å². The largest absolute Gasteiger partial charge is 0.481 e. The normalized spacial score (nSPS) is 22.8. The molecule has 1 N–H and O–H groups in total. The second kappa shape index (κ2) is 6.95. The van der Waals surface area contributed by atoms with Crippen LogP contribution in [0.2, 0.25) is 0 Å². The number of rotatable bonds is 5. The highest BCUT2D eigenvalue weighted by Gasteiger charge is 2.38. The second-order valence-corrected chi connectivity index (χ2v) is 6.53. The maximum atomic E-state index is 12.6. The zero-order valence-corrected chi connectivity index (χ0v) is 13.5. The number of benzene rings is 1. The van der Waals surface area contributed by atoms with Gasteiger partial charge in [-0.25, -0.2) is 0 Å². The molecule has 2 rings (SSSR count). The van der Waals surface area contributed by atoms with Crippen LogP contribution in [0.25, 0.3) is 0 Å². The molecular formula is C18H25NO3. The SMILES string of the molecule is CC(C)C(CC(=O)N1CCC(C(=O)O)C1C)c1ccccc1. The van der Waals surface area contributed by atoms with Crippen molar-refractivity contribution in [3.05, 3.63) is 35.9 Å². The Labute approximate surface area is 132 Å². The fourth-order valence-corrected chi connectivity index (χ4v) is 3.37. The van der Waals surface area contributed by atoms with Crippen LogP contribution >= 0.6 is 0 Å². The molecule has 22 heavy (non-hydrogen) atoms. The molecular weight excluding hydrogens is 278 g/mol. The fourth-order valence-electron chi connectivity index (χ4n) is 3.37. The molecule has 3 unspecified atom stereocenters. The van der Waals surface area contributed by atoms with E-state index in [0.717, 1.165) is 0 Å². The number of carbonyl (C=O) groups excluding carboxylic acids is 1. The van der Waals surface area contributed by atoms with Crippen LogP contribution in [-0.4, -0.2) is 34.5 Å². The maximum absolute atomic E-state index is 12.6. The van der Waals surface area contributed by atoms with Crippen LogP contribution in [0, 0.1) is 11.8 Å². The summed E-state index contributed by atoms with van der Waals surface area (Å²) in [7, 11) is 0. The number of carbonyl (C=O) groups is 2. The number of carboxylic acids is 1. The molecule has 3 atom stereocenters. The molecule has 1 heterocycles. The maximum Gasteiger partial charge on any atom is 0.308 e. The minimum Gasteiger partial charge on any atom is -0.481 e. The van der Waals surface area contributed by atoms with E-state index >= 15 is 0 Å². The zero-order chi connectivity index (χ0) is 16.3. The standard InChI is InChI=1S/C18H25NO3/c1-12(2)16(14-7-5-4-6-8-14)11-17(20)19-10-9-15(13(19)3)18(21)22/h4-8,12-13,15-16H,9-11H2,1-3H3,(H,21,22). The summed E-state index contributed by atoms with van der Waals surface area (Å²) in [6, 6.07) is 9.87. The molecule has 1 fully saturated rings. The first-order valence-corrected chi connectivity index (χ1v) is 7.99. The lowest BCUT2D eigenvalue weighted by atomic mass is 9.85. The molecule has 0 spiro atoms. The summed E-state index contributed by atoms with van der Waals surface area (Å²) in [5.41, 5.74) is 1.17. The number of likely N-dealkylation sites (tertiary alicyclic amines) is 1. The van der Waals surface area contributed by atoms with Gasteiger partial charge in [0.2, 0.25) is 5.91 Å². The van der Waals surface area contributed by atoms with Crippen molar-refractivity contribution in [3.8, 4) is 0 Å². The quantitative estimate of drug-likeness (QED) is 0.909. The van der Waals surface area contributed by atoms with E-state index in [-0.39, 0.29) is 17.9 Å². The van der Waals surface area contributed by atoms with Gasteiger partial charge in [-0.1, -0.05) is 44.2 Å². The molecule has 0 radical (unpaired) electrons. The Hall–Kier alpha value is -1.84. The number of hydrogen-bond donors (Lipinski definition) is 1. The van der Waals surface area contributed by atoms with Crippen molar-refractivity contribution in [1.29, 1.82) is 0 Å². The number of hydrogen-bond acceptors (Lipinski definition) is 2. The first kappa shape index (κ1) is 16.5. The lowest BCUT2D eigenvalue weighted by Crippen LogP contribution is -2.38. The van der Waals surface area contributed by atoms with E-state index in [1.165, 1.54) is 5.56 Å². The van der Waals surface area contributed by atoms with Gasteiger partial charge >= 0.3 is 5.97 Å². The van der Waals surface area contributed by atoms with Gasteiger partial charge in [-0.05, 0) is 30.7 Å². The Morgan fingerprint density at radius 2 is 1.91 bits per heavy atom. The molecule has 0 aromatic heterocycles. The summed E-state index contributed by atoms with van der Waals surface area (Å²) in [5, 5.41) is 9.19. The summed E-state index contributed by atoms with van der Waals surface area (Å²) in [5.74, 6) is -0.632. The molecule has 4 heteroatoms. The third-order valence-electron chi connectivity index (χ3n) is 4.82. The molecule has 4 nitrogen and oxygen atoms in total. The van der Waals surface area contributed by atoms with Crippen molar-refractivity contribution in [2.24, 2.45) is 11.8 Å². The smallest absolute Gasteiger partial charge is 0.308 e. The molecule has 1 aliphatic heterocycles. The fraction of sp³-hybridized carbons (Fsp3) is 0.556. The van der Waals surface area contributed by atoms with E-state index in [1.54, 1.807) is 4.90 Å². The van der Waals surface area contributed by atoms with E-state index in [1.807, 2.05) is 25.1 Å². The van der Waals surface area contributed by atoms with Crippen molar-refractivity contribution in [3.63, 3.8) is 0 Å². The third kappa shape index (κ3) is 3.49. The van der Waals surface area contributed by atoms with Crippen LogP contribution < -0.4 is 0 Å². The molecule has 0 saturated carbocycles. The Kier molecular flexibility index (Phi) is 5.22. The van der Waals surface area contributed by atoms with Crippen molar-refractivity contribution < 1.29 is 14.7 Å². The number of amides is 1. The van der Waals surface area contributed by atoms with Gasteiger partial charge in [-0.15, -0.1) is 0 Å². The van der Waals surface area contributed by atoms with Crippen LogP contribution in [0.5, 0.6) is 0 Å². The van der Waals surface area contributed by atoms with Gasteiger partial charge in [0.15, 0.2) is 0 Å². The van der Waals surface area contributed by atoms with Gasteiger partial charge < -0.3 is 10.0 Å². The van der Waals surface area contributed by atoms with E-state index in [4.69, 9.17) is 0 Å². The van der Waals surface area contributed by atoms with Crippen molar-refractivity contribution in [1.82, 2.24) is 4.90 Å². The van der Waals surface area contributed by atoms with E-state index in [2.05, 4.69) is 26.0 Å². The number of nitrogens with zero attached hydrogens (tertiary/aromatic N) is 1. The predicted octanol–water partition coefficient (Wildman–Crippen LogP) is 3.14. The Balaban J connectivity index is 2.08. The minimum atomic E-state index is -0.800. The summed E-state index contributed by atoms with van der Waals surface area (Å²) in [6.07, 6.45) is 0.998. The van der Waals surface area contributed by atoms with Gasteiger partial charge in [-0.2, -0.15) is 0 Å². The topological polar surface area (TPSA) is 57.6 Å². The lowest BCUT2D eigenvalue weighted by Gasteiger charge is -2.27. The second-order valence-electron chi connectivity index (χ2n) is 6.53. The summed E-state index contributed by atoms with van der Waals surface area (Å²) in [6.45, 7) is 6.64. The van der Waals surface area contributed by atoms with Crippen LogP contribution in [0.1, 0.15) is 45.1 Å². The first-order valence-electron chi connectivity index (χ1n) is 7.99. The van der Waals surface area contributed by atoms with E-state index < -0.39 is 11.9 Å². The van der Waals surface area contributed by atoms with Gasteiger partial charge in [0, 0.05) is 19.0 Å². The summed E-state index contributed by atoms with van der Waals surface area (Å²) < 4.78 is 0. The number of carboxylic acid groups (broad SMARTS) is 1. The van der Waals surface area contributed by atoms with Crippen LogP contribution in [0.4, 0.5) is 0 Å². The highest BCUT2D eigenvalue weighted by molar-refractivity contribution is 5.80. The molecule has 0 aliphatic carbocycles. The Bertz CT molecular complexity index is 526. The molecule has 1 saturated heterocycles. The molecule has 1 aromatic rings. The molecule has 1 aliphatic rings. The predicted molar refractivity (Wildman–Crippen MR) is 85.6 cm³/mol. The highest BCUT2D eigenvalue weighted by atomic mass is 16.4. The number of aliphatic carboxylic acids is 1. The first-order chi connectivity index (χ1) is 10.4. The van der Waals surface area contributed by atoms with E-state index in [9.17, 15) is 14.7 Å². The van der Waals surface area contributed by atoms with Crippen LogP contribution in [0.3, 0.4) is 0 Å². The minimum absolute atomic E-state index is 0.0683. The van der Waals surface area contributed by atoms with Crippen molar-refractivity contribution in [2.45, 2.75) is 45.6 Å². The van der Waals surface area contributed by atoms with Gasteiger partial charge in [0.05, 0.1) is 5.92 Å². The summed E-state index contributed by atoms with van der Waals surface area (Å²) >= 11 is 0. The molecule has 120 valence electrons. The van der Waals surface area contributed by atoms with Crippen molar-refractivity contribution >= 4 is 11.9 Å². The molecule has 1 aromatic carbocycles. The Morgan fingerprint density at radius 3 is 2.41 bits per heavy atom. The van der Waals surface area contributed by atoms with Crippen molar-refractivity contribution in [2.75, 3.05) is 6.54 Å². The van der Waals surface area contributed by atoms with E-state index in [0.29, 0.717) is 25.3 Å². The molecule has 1 amide bonds. The third-order valence-corrected chi connectivity index (χ3v) is 4.82. The Morgan fingerprint density at radius 1 is 1.27 bits per heavy atom. The average Bonchev–Trinajstić information content (AvgIpc) is 2.87. The zero-order valence-electron chi connectivity index (χ0n) is 13.5. The van der Waals surface area contributed by atoms with Gasteiger partial charge in [-0.3, -0.25) is 9.59 Å². The lowest BCUT2D eigenvalue weighted by molar-refractivity contribution is -0.143. The average molecular weight is 303 g/mol. The molecule has 0 bridgehead atoms. The van der Waals surface area contributed by atoms with Gasteiger partial charge in [0.1, 0.15) is 0 Å². The monoisotopic (exact) mass is 303 g/mol. The van der Waals surface area contributed by atoms with Crippen LogP contribution in [-0.2, 0) is 9.59 Å².